The molecule has 1 fully saturated rings. The quantitative estimate of drug-likeness (QED) is 0.604. The van der Waals surface area contributed by atoms with Gasteiger partial charge in [-0.1, -0.05) is 15.9 Å². The van der Waals surface area contributed by atoms with Crippen LogP contribution in [0.3, 0.4) is 0 Å². The Morgan fingerprint density at radius 1 is 1.65 bits per heavy atom. The number of ether oxygens (including phenoxy) is 2. The largest absolute Gasteiger partial charge is 0.504 e. The van der Waals surface area contributed by atoms with E-state index in [1.807, 2.05) is 6.07 Å². The molecule has 2 rings (SSSR count). The normalized spacial score (nSPS) is 17.6. The maximum Gasteiger partial charge on any atom is 0.262 e. The summed E-state index contributed by atoms with van der Waals surface area (Å²) >= 11 is 3.29. The van der Waals surface area contributed by atoms with Crippen LogP contribution in [0.25, 0.3) is 6.08 Å². The standard InChI is InChI=1S/C16H17BrN2O4/c1-22-15-6-10(13(17)7-14(15)20)5-11(8-18)16(21)19-9-12-3-2-4-23-12/h5-7,12,20H,2-4,9H2,1H3,(H,19,21)/b11-5-/t12-/m1/s1. The Labute approximate surface area is 142 Å². The van der Waals surface area contributed by atoms with Gasteiger partial charge in [-0.2, -0.15) is 5.26 Å². The molecule has 1 heterocycles. The van der Waals surface area contributed by atoms with Gasteiger partial charge in [-0.25, -0.2) is 0 Å². The summed E-state index contributed by atoms with van der Waals surface area (Å²) in [6.45, 7) is 1.10. The molecule has 122 valence electrons. The van der Waals surface area contributed by atoms with Crippen molar-refractivity contribution in [2.75, 3.05) is 20.3 Å². The molecule has 1 aromatic carbocycles. The van der Waals surface area contributed by atoms with Crippen LogP contribution in [-0.4, -0.2) is 37.4 Å². The first-order chi connectivity index (χ1) is 11.0. The molecule has 0 saturated carbocycles. The van der Waals surface area contributed by atoms with Gasteiger partial charge >= 0.3 is 0 Å². The van der Waals surface area contributed by atoms with Gasteiger partial charge in [0.15, 0.2) is 11.5 Å². The molecule has 2 N–H and O–H groups in total. The number of benzene rings is 1. The van der Waals surface area contributed by atoms with Gasteiger partial charge < -0.3 is 19.9 Å². The zero-order chi connectivity index (χ0) is 16.8. The molecular weight excluding hydrogens is 364 g/mol. The van der Waals surface area contributed by atoms with Crippen molar-refractivity contribution < 1.29 is 19.4 Å². The Morgan fingerprint density at radius 3 is 3.04 bits per heavy atom. The van der Waals surface area contributed by atoms with Crippen LogP contribution in [0.1, 0.15) is 18.4 Å². The summed E-state index contributed by atoms with van der Waals surface area (Å²) < 4.78 is 11.0. The Bertz CT molecular complexity index is 661. The fourth-order valence-corrected chi connectivity index (χ4v) is 2.69. The van der Waals surface area contributed by atoms with Gasteiger partial charge in [0.25, 0.3) is 5.91 Å². The molecular formula is C16H17BrN2O4. The number of aromatic hydroxyl groups is 1. The fraction of sp³-hybridized carbons (Fsp3) is 0.375. The number of hydrogen-bond donors (Lipinski definition) is 2. The lowest BCUT2D eigenvalue weighted by atomic mass is 10.1. The number of phenolic OH excluding ortho intramolecular Hbond substituents is 1. The second kappa shape index (κ2) is 7.99. The van der Waals surface area contributed by atoms with Gasteiger partial charge in [0.1, 0.15) is 11.6 Å². The third-order valence-corrected chi connectivity index (χ3v) is 4.16. The predicted molar refractivity (Wildman–Crippen MR) is 87.9 cm³/mol. The maximum atomic E-state index is 12.1. The van der Waals surface area contributed by atoms with E-state index in [0.717, 1.165) is 12.8 Å². The van der Waals surface area contributed by atoms with Crippen molar-refractivity contribution in [1.82, 2.24) is 5.32 Å². The molecule has 0 unspecified atom stereocenters. The van der Waals surface area contributed by atoms with E-state index >= 15 is 0 Å². The molecule has 0 aromatic heterocycles. The lowest BCUT2D eigenvalue weighted by Gasteiger charge is -2.10. The minimum atomic E-state index is -0.457. The number of nitrogens with one attached hydrogen (secondary N) is 1. The zero-order valence-corrected chi connectivity index (χ0v) is 14.2. The Kier molecular flexibility index (Phi) is 6.02. The highest BCUT2D eigenvalue weighted by atomic mass is 79.9. The van der Waals surface area contributed by atoms with Crippen LogP contribution in [0.5, 0.6) is 11.5 Å². The number of nitriles is 1. The van der Waals surface area contributed by atoms with Crippen LogP contribution >= 0.6 is 15.9 Å². The van der Waals surface area contributed by atoms with Crippen molar-refractivity contribution in [1.29, 1.82) is 5.26 Å². The second-order valence-corrected chi connectivity index (χ2v) is 5.91. The molecule has 1 amide bonds. The third-order valence-electron chi connectivity index (χ3n) is 3.48. The monoisotopic (exact) mass is 380 g/mol. The predicted octanol–water partition coefficient (Wildman–Crippen LogP) is 2.37. The molecule has 1 aliphatic rings. The molecule has 6 nitrogen and oxygen atoms in total. The number of phenols is 1. The lowest BCUT2D eigenvalue weighted by Crippen LogP contribution is -2.32. The summed E-state index contributed by atoms with van der Waals surface area (Å²) in [5, 5.41) is 21.6. The minimum Gasteiger partial charge on any atom is -0.504 e. The highest BCUT2D eigenvalue weighted by Gasteiger charge is 2.18. The van der Waals surface area contributed by atoms with Crippen LogP contribution in [0, 0.1) is 11.3 Å². The van der Waals surface area contributed by atoms with Crippen molar-refractivity contribution in [3.05, 3.63) is 27.7 Å². The molecule has 23 heavy (non-hydrogen) atoms. The van der Waals surface area contributed by atoms with Crippen molar-refractivity contribution in [3.63, 3.8) is 0 Å². The zero-order valence-electron chi connectivity index (χ0n) is 12.6. The van der Waals surface area contributed by atoms with Crippen molar-refractivity contribution in [2.24, 2.45) is 0 Å². The maximum absolute atomic E-state index is 12.1. The molecule has 1 saturated heterocycles. The lowest BCUT2D eigenvalue weighted by molar-refractivity contribution is -0.117. The first-order valence-electron chi connectivity index (χ1n) is 7.13. The van der Waals surface area contributed by atoms with Crippen molar-refractivity contribution >= 4 is 27.9 Å². The number of amides is 1. The highest BCUT2D eigenvalue weighted by molar-refractivity contribution is 9.10. The Hall–Kier alpha value is -2.04. The van der Waals surface area contributed by atoms with Crippen LogP contribution in [-0.2, 0) is 9.53 Å². The summed E-state index contributed by atoms with van der Waals surface area (Å²) in [5.41, 5.74) is 0.528. The number of rotatable bonds is 5. The topological polar surface area (TPSA) is 91.6 Å². The summed E-state index contributed by atoms with van der Waals surface area (Å²) in [6, 6.07) is 4.88. The highest BCUT2D eigenvalue weighted by Crippen LogP contribution is 2.33. The smallest absolute Gasteiger partial charge is 0.262 e. The van der Waals surface area contributed by atoms with Gasteiger partial charge in [0.05, 0.1) is 13.2 Å². The summed E-state index contributed by atoms with van der Waals surface area (Å²) in [7, 11) is 1.43. The van der Waals surface area contributed by atoms with Crippen molar-refractivity contribution in [3.8, 4) is 17.6 Å². The minimum absolute atomic E-state index is 0.0133. The number of halogens is 1. The fourth-order valence-electron chi connectivity index (χ4n) is 2.24. The van der Waals surface area contributed by atoms with E-state index in [2.05, 4.69) is 21.2 Å². The molecule has 0 aliphatic carbocycles. The molecule has 0 radical (unpaired) electrons. The second-order valence-electron chi connectivity index (χ2n) is 5.06. The van der Waals surface area contributed by atoms with Crippen molar-refractivity contribution in [2.45, 2.75) is 18.9 Å². The van der Waals surface area contributed by atoms with Gasteiger partial charge in [-0.05, 0) is 36.6 Å². The summed E-state index contributed by atoms with van der Waals surface area (Å²) in [4.78, 5) is 12.1. The van der Waals surface area contributed by atoms with E-state index in [1.54, 1.807) is 6.07 Å². The number of methoxy groups -OCH3 is 1. The van der Waals surface area contributed by atoms with Crippen LogP contribution in [0.15, 0.2) is 22.2 Å². The van der Waals surface area contributed by atoms with Crippen LogP contribution in [0.4, 0.5) is 0 Å². The molecule has 1 aliphatic heterocycles. The summed E-state index contributed by atoms with van der Waals surface area (Å²) in [6.07, 6.45) is 3.35. The molecule has 1 aromatic rings. The van der Waals surface area contributed by atoms with Gasteiger partial charge in [-0.15, -0.1) is 0 Å². The number of hydrogen-bond acceptors (Lipinski definition) is 5. The average molecular weight is 381 g/mol. The van der Waals surface area contributed by atoms with Crippen LogP contribution < -0.4 is 10.1 Å². The average Bonchev–Trinajstić information content (AvgIpc) is 3.05. The van der Waals surface area contributed by atoms with Gasteiger partial charge in [0, 0.05) is 17.6 Å². The SMILES string of the molecule is COc1cc(/C=C(/C#N)C(=O)NC[C@H]2CCCO2)c(Br)cc1O. The van der Waals surface area contributed by atoms with E-state index in [-0.39, 0.29) is 23.2 Å². The van der Waals surface area contributed by atoms with E-state index in [9.17, 15) is 15.2 Å². The number of nitrogens with zero attached hydrogens (tertiary/aromatic N) is 1. The van der Waals surface area contributed by atoms with E-state index in [1.165, 1.54) is 19.3 Å². The molecule has 0 spiro atoms. The molecule has 0 bridgehead atoms. The first kappa shape index (κ1) is 17.3. The van der Waals surface area contributed by atoms with Gasteiger partial charge in [-0.3, -0.25) is 4.79 Å². The number of carbonyl (C=O) groups is 1. The van der Waals surface area contributed by atoms with E-state index in [0.29, 0.717) is 23.2 Å². The third kappa shape index (κ3) is 4.47. The van der Waals surface area contributed by atoms with Gasteiger partial charge in [0.2, 0.25) is 0 Å². The Morgan fingerprint density at radius 2 is 2.43 bits per heavy atom. The van der Waals surface area contributed by atoms with Crippen LogP contribution in [0.2, 0.25) is 0 Å². The number of carbonyl (C=O) groups excluding carboxylic acids is 1. The molecule has 1 atom stereocenters. The molecule has 7 heteroatoms. The Balaban J connectivity index is 2.14. The van der Waals surface area contributed by atoms with E-state index < -0.39 is 5.91 Å². The van der Waals surface area contributed by atoms with E-state index in [4.69, 9.17) is 9.47 Å². The first-order valence-corrected chi connectivity index (χ1v) is 7.92. The summed E-state index contributed by atoms with van der Waals surface area (Å²) in [5.74, 6) is -0.226.